The van der Waals surface area contributed by atoms with Gasteiger partial charge in [-0.15, -0.1) is 0 Å². The number of methoxy groups -OCH3 is 1. The standard InChI is InChI=1S/C15H24O3S/c1-18-10-12-11(13-8-9-14(12)19-13)6-4-2-3-5-7-15(16)17/h2,4,11-14H,3,5-10H2,1H3,(H,16,17)/b4-2-/t11-,12+,13?,14+/m1/s1. The summed E-state index contributed by atoms with van der Waals surface area (Å²) in [5.74, 6) is 0.787. The maximum Gasteiger partial charge on any atom is 0.303 e. The van der Waals surface area contributed by atoms with Gasteiger partial charge in [-0.1, -0.05) is 12.2 Å². The minimum absolute atomic E-state index is 0.278. The van der Waals surface area contributed by atoms with Crippen LogP contribution in [0.4, 0.5) is 0 Å². The Labute approximate surface area is 119 Å². The lowest BCUT2D eigenvalue weighted by Crippen LogP contribution is -2.30. The predicted molar refractivity (Wildman–Crippen MR) is 78.5 cm³/mol. The van der Waals surface area contributed by atoms with Crippen LogP contribution in [-0.4, -0.2) is 35.3 Å². The summed E-state index contributed by atoms with van der Waals surface area (Å²) in [6, 6.07) is 0. The lowest BCUT2D eigenvalue weighted by Gasteiger charge is -2.28. The number of unbranched alkanes of at least 4 members (excludes halogenated alkanes) is 1. The van der Waals surface area contributed by atoms with Gasteiger partial charge in [0.1, 0.15) is 0 Å². The lowest BCUT2D eigenvalue weighted by atomic mass is 9.78. The molecule has 2 heterocycles. The highest BCUT2D eigenvalue weighted by Gasteiger charge is 2.47. The summed E-state index contributed by atoms with van der Waals surface area (Å²) in [6.07, 6.45) is 10.2. The fourth-order valence-electron chi connectivity index (χ4n) is 3.36. The highest BCUT2D eigenvalue weighted by molar-refractivity contribution is 8.01. The number of hydrogen-bond donors (Lipinski definition) is 1. The second-order valence-electron chi connectivity index (χ2n) is 5.57. The number of carboxylic acid groups (broad SMARTS) is 1. The van der Waals surface area contributed by atoms with E-state index in [1.165, 1.54) is 12.8 Å². The number of carbonyl (C=O) groups is 1. The first-order chi connectivity index (χ1) is 9.22. The van der Waals surface area contributed by atoms with E-state index in [1.54, 1.807) is 7.11 Å². The van der Waals surface area contributed by atoms with E-state index in [2.05, 4.69) is 23.9 Å². The Bertz CT molecular complexity index is 329. The number of thioether (sulfide) groups is 1. The van der Waals surface area contributed by atoms with Gasteiger partial charge in [0.2, 0.25) is 0 Å². The van der Waals surface area contributed by atoms with Crippen LogP contribution < -0.4 is 0 Å². The number of aliphatic carboxylic acids is 1. The van der Waals surface area contributed by atoms with Crippen molar-refractivity contribution < 1.29 is 14.6 Å². The Balaban J connectivity index is 1.72. The molecule has 0 aromatic heterocycles. The van der Waals surface area contributed by atoms with Crippen LogP contribution in [0.15, 0.2) is 12.2 Å². The quantitative estimate of drug-likeness (QED) is 0.548. The van der Waals surface area contributed by atoms with Crippen molar-refractivity contribution in [3.8, 4) is 0 Å². The molecule has 2 aliphatic heterocycles. The predicted octanol–water partition coefficient (Wildman–Crippen LogP) is 3.34. The summed E-state index contributed by atoms with van der Waals surface area (Å²) in [5, 5.41) is 10.2. The topological polar surface area (TPSA) is 46.5 Å². The van der Waals surface area contributed by atoms with Crippen molar-refractivity contribution in [1.82, 2.24) is 0 Å². The van der Waals surface area contributed by atoms with Crippen LogP contribution >= 0.6 is 11.8 Å². The molecule has 0 spiro atoms. The Morgan fingerprint density at radius 3 is 2.74 bits per heavy atom. The van der Waals surface area contributed by atoms with E-state index in [1.807, 2.05) is 0 Å². The summed E-state index contributed by atoms with van der Waals surface area (Å²) in [4.78, 5) is 10.4. The molecule has 0 saturated carbocycles. The van der Waals surface area contributed by atoms with Gasteiger partial charge in [-0.3, -0.25) is 4.79 Å². The highest BCUT2D eigenvalue weighted by atomic mass is 32.2. The van der Waals surface area contributed by atoms with Crippen LogP contribution in [0.2, 0.25) is 0 Å². The van der Waals surface area contributed by atoms with E-state index >= 15 is 0 Å². The average Bonchev–Trinajstić information content (AvgIpc) is 2.95. The molecule has 3 nitrogen and oxygen atoms in total. The van der Waals surface area contributed by atoms with Crippen molar-refractivity contribution in [2.24, 2.45) is 11.8 Å². The molecule has 2 rings (SSSR count). The summed E-state index contributed by atoms with van der Waals surface area (Å²) < 4.78 is 5.38. The number of rotatable bonds is 8. The molecule has 0 aromatic rings. The zero-order chi connectivity index (χ0) is 13.7. The van der Waals surface area contributed by atoms with E-state index in [-0.39, 0.29) is 6.42 Å². The molecular weight excluding hydrogens is 260 g/mol. The van der Waals surface area contributed by atoms with Gasteiger partial charge in [0.05, 0.1) is 6.61 Å². The second-order valence-corrected chi connectivity index (χ2v) is 7.05. The Morgan fingerprint density at radius 1 is 1.32 bits per heavy atom. The Morgan fingerprint density at radius 2 is 2.05 bits per heavy atom. The number of carboxylic acids is 1. The second kappa shape index (κ2) is 7.34. The molecule has 1 unspecified atom stereocenters. The summed E-state index contributed by atoms with van der Waals surface area (Å²) >= 11 is 2.17. The molecular formula is C15H24O3S. The van der Waals surface area contributed by atoms with Crippen molar-refractivity contribution in [3.05, 3.63) is 12.2 Å². The third-order valence-corrected chi connectivity index (χ3v) is 6.16. The lowest BCUT2D eigenvalue weighted by molar-refractivity contribution is -0.137. The zero-order valence-electron chi connectivity index (χ0n) is 11.6. The summed E-state index contributed by atoms with van der Waals surface area (Å²) in [7, 11) is 1.80. The Kier molecular flexibility index (Phi) is 5.76. The smallest absolute Gasteiger partial charge is 0.303 e. The van der Waals surface area contributed by atoms with Crippen molar-refractivity contribution in [1.29, 1.82) is 0 Å². The normalized spacial score (nSPS) is 33.3. The maximum atomic E-state index is 10.4. The van der Waals surface area contributed by atoms with Gasteiger partial charge in [-0.2, -0.15) is 11.8 Å². The summed E-state index contributed by atoms with van der Waals surface area (Å²) in [5.41, 5.74) is 0. The largest absolute Gasteiger partial charge is 0.481 e. The van der Waals surface area contributed by atoms with Crippen molar-refractivity contribution >= 4 is 17.7 Å². The monoisotopic (exact) mass is 284 g/mol. The molecule has 1 N–H and O–H groups in total. The van der Waals surface area contributed by atoms with Crippen LogP contribution in [0, 0.1) is 11.8 Å². The number of hydrogen-bond acceptors (Lipinski definition) is 3. The minimum Gasteiger partial charge on any atom is -0.481 e. The molecule has 2 aliphatic rings. The molecule has 0 aliphatic carbocycles. The fraction of sp³-hybridized carbons (Fsp3) is 0.800. The van der Waals surface area contributed by atoms with Gasteiger partial charge >= 0.3 is 5.97 Å². The third kappa shape index (κ3) is 3.99. The van der Waals surface area contributed by atoms with Gasteiger partial charge in [-0.25, -0.2) is 0 Å². The van der Waals surface area contributed by atoms with Crippen molar-refractivity contribution in [2.75, 3.05) is 13.7 Å². The molecule has 2 bridgehead atoms. The van der Waals surface area contributed by atoms with Gasteiger partial charge in [0.15, 0.2) is 0 Å². The fourth-order valence-corrected chi connectivity index (χ4v) is 5.35. The number of allylic oxidation sites excluding steroid dienone is 2. The molecule has 19 heavy (non-hydrogen) atoms. The van der Waals surface area contributed by atoms with E-state index in [9.17, 15) is 4.79 Å². The van der Waals surface area contributed by atoms with E-state index in [0.29, 0.717) is 0 Å². The number of ether oxygens (including phenoxy) is 1. The van der Waals surface area contributed by atoms with Gasteiger partial charge in [-0.05, 0) is 43.9 Å². The number of fused-ring (bicyclic) bond motifs is 2. The first-order valence-electron chi connectivity index (χ1n) is 7.23. The molecule has 108 valence electrons. The molecule has 0 radical (unpaired) electrons. The molecule has 2 saturated heterocycles. The van der Waals surface area contributed by atoms with Crippen LogP contribution in [0.1, 0.15) is 38.5 Å². The molecule has 0 aromatic carbocycles. The summed E-state index contributed by atoms with van der Waals surface area (Å²) in [6.45, 7) is 0.895. The molecule has 4 heteroatoms. The van der Waals surface area contributed by atoms with Crippen LogP contribution in [-0.2, 0) is 9.53 Å². The molecule has 0 amide bonds. The van der Waals surface area contributed by atoms with E-state index in [4.69, 9.17) is 9.84 Å². The molecule has 4 atom stereocenters. The average molecular weight is 284 g/mol. The van der Waals surface area contributed by atoms with Gasteiger partial charge in [0, 0.05) is 24.0 Å². The first kappa shape index (κ1) is 14.9. The van der Waals surface area contributed by atoms with Crippen LogP contribution in [0.3, 0.4) is 0 Å². The highest BCUT2D eigenvalue weighted by Crippen LogP contribution is 2.54. The minimum atomic E-state index is -0.696. The zero-order valence-corrected chi connectivity index (χ0v) is 12.4. The molecule has 2 fully saturated rings. The first-order valence-corrected chi connectivity index (χ1v) is 8.18. The SMILES string of the molecule is COC[C@@H]1[C@@H]2CCC(S2)[C@@H]1C/C=C\CCCC(=O)O. The maximum absolute atomic E-state index is 10.4. The third-order valence-electron chi connectivity index (χ3n) is 4.29. The van der Waals surface area contributed by atoms with Gasteiger partial charge in [0.25, 0.3) is 0 Å². The van der Waals surface area contributed by atoms with E-state index < -0.39 is 5.97 Å². The van der Waals surface area contributed by atoms with Crippen LogP contribution in [0.5, 0.6) is 0 Å². The van der Waals surface area contributed by atoms with Gasteiger partial charge < -0.3 is 9.84 Å². The van der Waals surface area contributed by atoms with E-state index in [0.717, 1.165) is 48.2 Å². The van der Waals surface area contributed by atoms with Crippen LogP contribution in [0.25, 0.3) is 0 Å². The van der Waals surface area contributed by atoms with Crippen molar-refractivity contribution in [2.45, 2.75) is 49.0 Å². The van der Waals surface area contributed by atoms with Crippen molar-refractivity contribution in [3.63, 3.8) is 0 Å². The Hall–Kier alpha value is -0.480.